The van der Waals surface area contributed by atoms with E-state index in [0.29, 0.717) is 10.4 Å². The maximum atomic E-state index is 11.9. The van der Waals surface area contributed by atoms with Crippen LogP contribution in [0.4, 0.5) is 0 Å². The smallest absolute Gasteiger partial charge is 0.176 e. The lowest BCUT2D eigenvalue weighted by Gasteiger charge is -2.03. The first kappa shape index (κ1) is 12.0. The minimum atomic E-state index is -0.0496. The maximum absolute atomic E-state index is 11.9. The molecule has 0 unspecified atom stereocenters. The van der Waals surface area contributed by atoms with Gasteiger partial charge in [-0.2, -0.15) is 0 Å². The van der Waals surface area contributed by atoms with Gasteiger partial charge in [-0.05, 0) is 12.5 Å². The number of carbonyl (C=O) groups is 1. The van der Waals surface area contributed by atoms with Crippen molar-refractivity contribution in [3.05, 3.63) is 28.0 Å². The summed E-state index contributed by atoms with van der Waals surface area (Å²) in [6, 6.07) is 1.85. The van der Waals surface area contributed by atoms with Gasteiger partial charge in [-0.25, -0.2) is 0 Å². The molecular weight excluding hydrogens is 208 g/mol. The van der Waals surface area contributed by atoms with Gasteiger partial charge >= 0.3 is 0 Å². The first-order chi connectivity index (χ1) is 6.97. The molecule has 0 aliphatic rings. The Morgan fingerprint density at radius 3 is 2.60 bits per heavy atom. The molecule has 1 rings (SSSR count). The monoisotopic (exact) mass is 224 g/mol. The summed E-state index contributed by atoms with van der Waals surface area (Å²) in [5.41, 5.74) is 0.593. The minimum Gasteiger partial charge on any atom is -0.508 e. The highest BCUT2D eigenvalue weighted by molar-refractivity contribution is 7.14. The van der Waals surface area contributed by atoms with Crippen molar-refractivity contribution >= 4 is 22.9 Å². The van der Waals surface area contributed by atoms with E-state index in [1.165, 1.54) is 11.3 Å². The Bertz CT molecular complexity index is 388. The third kappa shape index (κ3) is 2.48. The quantitative estimate of drug-likeness (QED) is 0.625. The van der Waals surface area contributed by atoms with E-state index in [-0.39, 0.29) is 17.5 Å². The fraction of sp³-hybridized carbons (Fsp3) is 0.417. The molecule has 0 radical (unpaired) electrons. The molecule has 0 bridgehead atoms. The molecule has 0 aliphatic carbocycles. The van der Waals surface area contributed by atoms with E-state index in [2.05, 4.69) is 6.58 Å². The molecule has 15 heavy (non-hydrogen) atoms. The van der Waals surface area contributed by atoms with Crippen LogP contribution in [0, 0.1) is 5.92 Å². The summed E-state index contributed by atoms with van der Waals surface area (Å²) in [7, 11) is 0. The van der Waals surface area contributed by atoms with Crippen LogP contribution in [0.5, 0.6) is 0 Å². The van der Waals surface area contributed by atoms with Crippen LogP contribution in [-0.4, -0.2) is 10.9 Å². The molecule has 0 saturated heterocycles. The van der Waals surface area contributed by atoms with Gasteiger partial charge in [0.15, 0.2) is 5.78 Å². The molecule has 0 spiro atoms. The Labute approximate surface area is 94.3 Å². The first-order valence-corrected chi connectivity index (χ1v) is 5.84. The molecule has 0 aliphatic heterocycles. The number of aliphatic hydroxyl groups is 1. The van der Waals surface area contributed by atoms with E-state index >= 15 is 0 Å². The molecular formula is C12H16O2S. The number of hydrogen-bond donors (Lipinski definition) is 1. The van der Waals surface area contributed by atoms with Crippen molar-refractivity contribution in [3.63, 3.8) is 0 Å². The number of carbonyl (C=O) groups excluding carboxylic acids is 1. The molecule has 1 heterocycles. The molecule has 1 aromatic rings. The fourth-order valence-corrected chi connectivity index (χ4v) is 2.48. The number of rotatable bonds is 4. The number of aryl methyl sites for hydroxylation is 1. The standard InChI is InChI=1S/C12H16O2S/c1-5-9-6-10(8(4)13)12(15-9)11(14)7(2)3/h6-7,13H,4-5H2,1-3H3. The van der Waals surface area contributed by atoms with Gasteiger partial charge < -0.3 is 5.11 Å². The molecule has 0 amide bonds. The third-order valence-corrected chi connectivity index (χ3v) is 3.48. The molecule has 0 atom stereocenters. The molecule has 0 saturated carbocycles. The van der Waals surface area contributed by atoms with Gasteiger partial charge in [-0.3, -0.25) is 4.79 Å². The van der Waals surface area contributed by atoms with Gasteiger partial charge in [-0.1, -0.05) is 27.4 Å². The Morgan fingerprint density at radius 1 is 1.60 bits per heavy atom. The van der Waals surface area contributed by atoms with Crippen molar-refractivity contribution in [2.75, 3.05) is 0 Å². The van der Waals surface area contributed by atoms with Crippen LogP contribution in [0.25, 0.3) is 5.76 Å². The average molecular weight is 224 g/mol. The summed E-state index contributed by atoms with van der Waals surface area (Å²) in [5.74, 6) is 0.00584. The zero-order chi connectivity index (χ0) is 11.6. The van der Waals surface area contributed by atoms with Crippen molar-refractivity contribution in [2.24, 2.45) is 5.92 Å². The van der Waals surface area contributed by atoms with E-state index in [1.54, 1.807) is 0 Å². The fourth-order valence-electron chi connectivity index (χ4n) is 1.28. The second kappa shape index (κ2) is 4.62. The van der Waals surface area contributed by atoms with Crippen molar-refractivity contribution in [1.29, 1.82) is 0 Å². The summed E-state index contributed by atoms with van der Waals surface area (Å²) < 4.78 is 0. The van der Waals surface area contributed by atoms with Crippen molar-refractivity contribution in [2.45, 2.75) is 27.2 Å². The zero-order valence-electron chi connectivity index (χ0n) is 9.33. The number of aliphatic hydroxyl groups excluding tert-OH is 1. The van der Waals surface area contributed by atoms with Crippen LogP contribution in [0.1, 0.15) is 40.9 Å². The molecule has 0 fully saturated rings. The van der Waals surface area contributed by atoms with Gasteiger partial charge in [0.2, 0.25) is 0 Å². The molecule has 2 nitrogen and oxygen atoms in total. The largest absolute Gasteiger partial charge is 0.508 e. The Balaban J connectivity index is 3.20. The third-order valence-electron chi connectivity index (χ3n) is 2.19. The predicted octanol–water partition coefficient (Wildman–Crippen LogP) is 3.68. The zero-order valence-corrected chi connectivity index (χ0v) is 10.1. The predicted molar refractivity (Wildman–Crippen MR) is 64.5 cm³/mol. The van der Waals surface area contributed by atoms with Crippen molar-refractivity contribution in [3.8, 4) is 0 Å². The topological polar surface area (TPSA) is 37.3 Å². The van der Waals surface area contributed by atoms with E-state index in [9.17, 15) is 9.90 Å². The van der Waals surface area contributed by atoms with Crippen molar-refractivity contribution in [1.82, 2.24) is 0 Å². The highest BCUT2D eigenvalue weighted by Crippen LogP contribution is 2.29. The lowest BCUT2D eigenvalue weighted by Crippen LogP contribution is -2.07. The molecule has 1 aromatic heterocycles. The highest BCUT2D eigenvalue weighted by Gasteiger charge is 2.19. The van der Waals surface area contributed by atoms with Gasteiger partial charge in [0, 0.05) is 16.4 Å². The summed E-state index contributed by atoms with van der Waals surface area (Å²) >= 11 is 1.45. The number of hydrogen-bond acceptors (Lipinski definition) is 3. The van der Waals surface area contributed by atoms with E-state index in [1.807, 2.05) is 26.8 Å². The van der Waals surface area contributed by atoms with E-state index in [4.69, 9.17) is 0 Å². The molecule has 0 aromatic carbocycles. The van der Waals surface area contributed by atoms with E-state index < -0.39 is 0 Å². The van der Waals surface area contributed by atoms with Crippen LogP contribution in [0.15, 0.2) is 12.6 Å². The lowest BCUT2D eigenvalue weighted by atomic mass is 10.0. The molecule has 1 N–H and O–H groups in total. The normalized spacial score (nSPS) is 10.7. The van der Waals surface area contributed by atoms with Gasteiger partial charge in [0.1, 0.15) is 5.76 Å². The minimum absolute atomic E-state index is 0.0186. The SMILES string of the molecule is C=C(O)c1cc(CC)sc1C(=O)C(C)C. The number of Topliss-reactive ketones (excluding diaryl/α,β-unsaturated/α-hetero) is 1. The number of thiophene rings is 1. The Kier molecular flexibility index (Phi) is 3.69. The van der Waals surface area contributed by atoms with Crippen LogP contribution in [0.3, 0.4) is 0 Å². The summed E-state index contributed by atoms with van der Waals surface area (Å²) in [6.07, 6.45) is 0.871. The Morgan fingerprint density at radius 2 is 2.20 bits per heavy atom. The van der Waals surface area contributed by atoms with Gasteiger partial charge in [0.25, 0.3) is 0 Å². The van der Waals surface area contributed by atoms with E-state index in [0.717, 1.165) is 11.3 Å². The van der Waals surface area contributed by atoms with Crippen LogP contribution in [-0.2, 0) is 6.42 Å². The van der Waals surface area contributed by atoms with Crippen molar-refractivity contribution < 1.29 is 9.90 Å². The lowest BCUT2D eigenvalue weighted by molar-refractivity contribution is 0.0943. The summed E-state index contributed by atoms with van der Waals surface area (Å²) in [5, 5.41) is 9.40. The first-order valence-electron chi connectivity index (χ1n) is 5.02. The summed E-state index contributed by atoms with van der Waals surface area (Å²) in [4.78, 5) is 13.6. The highest BCUT2D eigenvalue weighted by atomic mass is 32.1. The summed E-state index contributed by atoms with van der Waals surface area (Å²) in [6.45, 7) is 9.23. The molecule has 82 valence electrons. The van der Waals surface area contributed by atoms with Crippen LogP contribution in [0.2, 0.25) is 0 Å². The second-order valence-electron chi connectivity index (χ2n) is 3.77. The Hall–Kier alpha value is -1.09. The van der Waals surface area contributed by atoms with Crippen LogP contribution < -0.4 is 0 Å². The number of ketones is 1. The van der Waals surface area contributed by atoms with Gasteiger partial charge in [0.05, 0.1) is 4.88 Å². The second-order valence-corrected chi connectivity index (χ2v) is 4.91. The maximum Gasteiger partial charge on any atom is 0.176 e. The average Bonchev–Trinajstić information content (AvgIpc) is 2.60. The van der Waals surface area contributed by atoms with Gasteiger partial charge in [-0.15, -0.1) is 11.3 Å². The van der Waals surface area contributed by atoms with Crippen LogP contribution >= 0.6 is 11.3 Å². The molecule has 3 heteroatoms.